The third-order valence-electron chi connectivity index (χ3n) is 3.83. The maximum absolute atomic E-state index is 12.5. The summed E-state index contributed by atoms with van der Waals surface area (Å²) in [6.07, 6.45) is 1.26. The summed E-state index contributed by atoms with van der Waals surface area (Å²) in [4.78, 5) is 30.8. The second kappa shape index (κ2) is 6.48. The summed E-state index contributed by atoms with van der Waals surface area (Å²) in [5, 5.41) is 14.1. The first-order valence-corrected chi connectivity index (χ1v) is 8.01. The molecule has 1 heterocycles. The Morgan fingerprint density at radius 1 is 1.24 bits per heavy atom. The van der Waals surface area contributed by atoms with Crippen LogP contribution in [0, 0.1) is 0 Å². The van der Waals surface area contributed by atoms with Gasteiger partial charge in [0.25, 0.3) is 11.5 Å². The van der Waals surface area contributed by atoms with Gasteiger partial charge in [-0.3, -0.25) is 9.59 Å². The Morgan fingerprint density at radius 2 is 1.92 bits per heavy atom. The number of hydrogen-bond donors (Lipinski definition) is 3. The van der Waals surface area contributed by atoms with E-state index in [2.05, 4.69) is 15.3 Å². The van der Waals surface area contributed by atoms with E-state index in [1.807, 2.05) is 0 Å². The third kappa shape index (κ3) is 3.37. The van der Waals surface area contributed by atoms with E-state index in [0.29, 0.717) is 21.5 Å². The Bertz CT molecular complexity index is 1010. The molecule has 1 unspecified atom stereocenters. The van der Waals surface area contributed by atoms with Crippen molar-refractivity contribution >= 4 is 45.7 Å². The highest BCUT2D eigenvalue weighted by molar-refractivity contribution is 6.34. The lowest BCUT2D eigenvalue weighted by atomic mass is 9.95. The van der Waals surface area contributed by atoms with Crippen molar-refractivity contribution in [3.05, 3.63) is 68.7 Å². The molecular weight excluding hydrogens is 365 g/mol. The minimum absolute atomic E-state index is 0.159. The average Bonchev–Trinajstić information content (AvgIpc) is 2.57. The first-order valence-electron chi connectivity index (χ1n) is 7.26. The van der Waals surface area contributed by atoms with Gasteiger partial charge in [-0.05, 0) is 36.8 Å². The number of carbonyl (C=O) groups is 1. The van der Waals surface area contributed by atoms with Gasteiger partial charge >= 0.3 is 0 Å². The highest BCUT2D eigenvalue weighted by atomic mass is 35.5. The molecule has 3 rings (SSSR count). The lowest BCUT2D eigenvalue weighted by Gasteiger charge is -2.23. The first-order chi connectivity index (χ1) is 11.8. The number of nitrogens with zero attached hydrogens (tertiary/aromatic N) is 1. The predicted molar refractivity (Wildman–Crippen MR) is 97.0 cm³/mol. The largest absolute Gasteiger partial charge is 0.376 e. The van der Waals surface area contributed by atoms with E-state index < -0.39 is 11.5 Å². The molecule has 6 nitrogen and oxygen atoms in total. The number of carbonyl (C=O) groups excluding carboxylic acids is 1. The van der Waals surface area contributed by atoms with E-state index in [-0.39, 0.29) is 16.3 Å². The zero-order valence-corrected chi connectivity index (χ0v) is 14.5. The molecular formula is C17H13Cl2N3O3. The summed E-state index contributed by atoms with van der Waals surface area (Å²) >= 11 is 12.0. The Kier molecular flexibility index (Phi) is 4.51. The van der Waals surface area contributed by atoms with Crippen molar-refractivity contribution in [3.8, 4) is 0 Å². The van der Waals surface area contributed by atoms with E-state index >= 15 is 0 Å². The van der Waals surface area contributed by atoms with Gasteiger partial charge in [-0.15, -0.1) is 0 Å². The number of anilines is 1. The SMILES string of the molecule is CC(O)(C(=O)Nc1cc2nc[nH]c(=O)c2cc1Cl)c1ccc(Cl)cc1. The maximum atomic E-state index is 12.5. The van der Waals surface area contributed by atoms with E-state index in [0.717, 1.165) is 0 Å². The first kappa shape index (κ1) is 17.4. The van der Waals surface area contributed by atoms with Gasteiger partial charge in [-0.1, -0.05) is 35.3 Å². The van der Waals surface area contributed by atoms with Gasteiger partial charge in [0.15, 0.2) is 5.60 Å². The molecule has 0 saturated heterocycles. The zero-order valence-electron chi connectivity index (χ0n) is 13.0. The number of fused-ring (bicyclic) bond motifs is 1. The van der Waals surface area contributed by atoms with Crippen LogP contribution in [0.2, 0.25) is 10.0 Å². The third-order valence-corrected chi connectivity index (χ3v) is 4.39. The number of halogens is 2. The standard InChI is InChI=1S/C17H13Cl2N3O3/c1-17(25,9-2-4-10(18)5-3-9)16(24)22-14-7-13-11(6-12(14)19)15(23)21-8-20-13/h2-8,25H,1H3,(H,22,24)(H,20,21,23). The van der Waals surface area contributed by atoms with E-state index in [1.54, 1.807) is 24.3 Å². The molecule has 0 saturated carbocycles. The van der Waals surface area contributed by atoms with Crippen molar-refractivity contribution in [2.75, 3.05) is 5.32 Å². The van der Waals surface area contributed by atoms with E-state index in [9.17, 15) is 14.7 Å². The maximum Gasteiger partial charge on any atom is 0.260 e. The van der Waals surface area contributed by atoms with Crippen LogP contribution in [-0.4, -0.2) is 21.0 Å². The number of amides is 1. The quantitative estimate of drug-likeness (QED) is 0.653. The monoisotopic (exact) mass is 377 g/mol. The minimum atomic E-state index is -1.80. The summed E-state index contributed by atoms with van der Waals surface area (Å²) < 4.78 is 0. The minimum Gasteiger partial charge on any atom is -0.376 e. The van der Waals surface area contributed by atoms with Gasteiger partial charge in [0, 0.05) is 5.02 Å². The molecule has 0 fully saturated rings. The van der Waals surface area contributed by atoms with Gasteiger partial charge < -0.3 is 15.4 Å². The Labute approximate surface area is 152 Å². The topological polar surface area (TPSA) is 95.1 Å². The number of H-pyrrole nitrogens is 1. The fraction of sp³-hybridized carbons (Fsp3) is 0.118. The second-order valence-electron chi connectivity index (χ2n) is 5.61. The number of aromatic amines is 1. The molecule has 2 aromatic carbocycles. The molecule has 8 heteroatoms. The van der Waals surface area contributed by atoms with Crippen LogP contribution in [0.1, 0.15) is 12.5 Å². The highest BCUT2D eigenvalue weighted by Crippen LogP contribution is 2.29. The smallest absolute Gasteiger partial charge is 0.260 e. The van der Waals surface area contributed by atoms with E-state index in [4.69, 9.17) is 23.2 Å². The number of aliphatic hydroxyl groups is 1. The summed E-state index contributed by atoms with van der Waals surface area (Å²) in [7, 11) is 0. The van der Waals surface area contributed by atoms with Crippen LogP contribution in [0.3, 0.4) is 0 Å². The molecule has 0 aliphatic carbocycles. The van der Waals surface area contributed by atoms with Crippen molar-refractivity contribution < 1.29 is 9.90 Å². The van der Waals surface area contributed by atoms with Crippen LogP contribution in [0.4, 0.5) is 5.69 Å². The molecule has 1 amide bonds. The van der Waals surface area contributed by atoms with Crippen LogP contribution in [0.15, 0.2) is 47.5 Å². The number of aromatic nitrogens is 2. The van der Waals surface area contributed by atoms with Gasteiger partial charge in [0.2, 0.25) is 0 Å². The van der Waals surface area contributed by atoms with Gasteiger partial charge in [-0.25, -0.2) is 4.98 Å². The van der Waals surface area contributed by atoms with Crippen LogP contribution >= 0.6 is 23.2 Å². The second-order valence-corrected chi connectivity index (χ2v) is 6.46. The normalized spacial score (nSPS) is 13.4. The molecule has 1 aromatic heterocycles. The van der Waals surface area contributed by atoms with Crippen LogP contribution < -0.4 is 10.9 Å². The molecule has 0 aliphatic heterocycles. The van der Waals surface area contributed by atoms with Gasteiger partial charge in [0.05, 0.1) is 27.9 Å². The Morgan fingerprint density at radius 3 is 2.60 bits per heavy atom. The van der Waals surface area contributed by atoms with Crippen molar-refractivity contribution in [3.63, 3.8) is 0 Å². The van der Waals surface area contributed by atoms with Crippen LogP contribution in [0.5, 0.6) is 0 Å². The molecule has 0 bridgehead atoms. The van der Waals surface area contributed by atoms with Crippen molar-refractivity contribution in [1.82, 2.24) is 9.97 Å². The molecule has 128 valence electrons. The lowest BCUT2D eigenvalue weighted by molar-refractivity contribution is -0.133. The highest BCUT2D eigenvalue weighted by Gasteiger charge is 2.32. The molecule has 0 radical (unpaired) electrons. The summed E-state index contributed by atoms with van der Waals surface area (Å²) in [6, 6.07) is 9.17. The van der Waals surface area contributed by atoms with E-state index in [1.165, 1.54) is 25.4 Å². The van der Waals surface area contributed by atoms with Crippen molar-refractivity contribution in [2.24, 2.45) is 0 Å². The van der Waals surface area contributed by atoms with Crippen LogP contribution in [0.25, 0.3) is 10.9 Å². The molecule has 0 spiro atoms. The molecule has 1 atom stereocenters. The van der Waals surface area contributed by atoms with Gasteiger partial charge in [0.1, 0.15) is 0 Å². The summed E-state index contributed by atoms with van der Waals surface area (Å²) in [5.74, 6) is -0.680. The predicted octanol–water partition coefficient (Wildman–Crippen LogP) is 3.08. The number of nitrogens with one attached hydrogen (secondary N) is 2. The summed E-state index contributed by atoms with van der Waals surface area (Å²) in [5.41, 5.74) is -1.15. The zero-order chi connectivity index (χ0) is 18.2. The molecule has 3 aromatic rings. The Hall–Kier alpha value is -2.41. The van der Waals surface area contributed by atoms with Crippen molar-refractivity contribution in [1.29, 1.82) is 0 Å². The molecule has 0 aliphatic rings. The lowest BCUT2D eigenvalue weighted by Crippen LogP contribution is -2.37. The van der Waals surface area contributed by atoms with Crippen LogP contribution in [-0.2, 0) is 10.4 Å². The molecule has 25 heavy (non-hydrogen) atoms. The number of benzene rings is 2. The fourth-order valence-corrected chi connectivity index (χ4v) is 2.67. The average molecular weight is 378 g/mol. The van der Waals surface area contributed by atoms with Gasteiger partial charge in [-0.2, -0.15) is 0 Å². The summed E-state index contributed by atoms with van der Waals surface area (Å²) in [6.45, 7) is 1.36. The Balaban J connectivity index is 1.95. The number of rotatable bonds is 3. The fourth-order valence-electron chi connectivity index (χ4n) is 2.33. The van der Waals surface area contributed by atoms with Crippen molar-refractivity contribution in [2.45, 2.75) is 12.5 Å². The molecule has 3 N–H and O–H groups in total. The number of hydrogen-bond acceptors (Lipinski definition) is 4.